The van der Waals surface area contributed by atoms with E-state index in [2.05, 4.69) is 21.2 Å². The average molecular weight is 374 g/mol. The number of rotatable bonds is 7. The fraction of sp³-hybridized carbons (Fsp3) is 0.467. The molecule has 0 aliphatic rings. The molecule has 21 heavy (non-hydrogen) atoms. The number of carbonyl (C=O) groups excluding carboxylic acids is 1. The fourth-order valence-corrected chi connectivity index (χ4v) is 2.93. The summed E-state index contributed by atoms with van der Waals surface area (Å²) in [6.07, 6.45) is 0.474. The van der Waals surface area contributed by atoms with Gasteiger partial charge in [0.15, 0.2) is 0 Å². The molecule has 1 unspecified atom stereocenters. The van der Waals surface area contributed by atoms with Gasteiger partial charge in [0.25, 0.3) is 0 Å². The lowest BCUT2D eigenvalue weighted by molar-refractivity contribution is -0.148. The summed E-state index contributed by atoms with van der Waals surface area (Å²) in [6.45, 7) is 5.59. The molecular weight excluding hydrogens is 354 g/mol. The Hall–Kier alpha value is -1.01. The third-order valence-electron chi connectivity index (χ3n) is 3.47. The van der Waals surface area contributed by atoms with Gasteiger partial charge in [0.1, 0.15) is 0 Å². The standard InChI is InChI=1S/C15H20BrNO3S/c1-4-15(3,14(19)20)9-17-13(18)8-21-12-6-5-11(16)7-10(12)2/h5-7H,4,8-9H2,1-3H3,(H,17,18)(H,19,20). The lowest BCUT2D eigenvalue weighted by Crippen LogP contribution is -2.41. The maximum absolute atomic E-state index is 11.8. The number of benzene rings is 1. The van der Waals surface area contributed by atoms with Crippen molar-refractivity contribution in [2.24, 2.45) is 5.41 Å². The zero-order chi connectivity index (χ0) is 16.0. The molecule has 1 amide bonds. The van der Waals surface area contributed by atoms with Gasteiger partial charge in [0, 0.05) is 15.9 Å². The molecule has 1 aromatic carbocycles. The molecule has 0 aliphatic carbocycles. The summed E-state index contributed by atoms with van der Waals surface area (Å²) in [5.41, 5.74) is 0.194. The Morgan fingerprint density at radius 3 is 2.62 bits per heavy atom. The molecule has 6 heteroatoms. The van der Waals surface area contributed by atoms with Gasteiger partial charge in [-0.05, 0) is 44.0 Å². The Bertz CT molecular complexity index is 536. The summed E-state index contributed by atoms with van der Waals surface area (Å²) in [5, 5.41) is 11.9. The van der Waals surface area contributed by atoms with Crippen LogP contribution >= 0.6 is 27.7 Å². The molecular formula is C15H20BrNO3S. The molecule has 1 aromatic rings. The van der Waals surface area contributed by atoms with Crippen LogP contribution in [0, 0.1) is 12.3 Å². The molecule has 0 aliphatic heterocycles. The van der Waals surface area contributed by atoms with E-state index >= 15 is 0 Å². The van der Waals surface area contributed by atoms with E-state index < -0.39 is 11.4 Å². The van der Waals surface area contributed by atoms with Crippen LogP contribution in [-0.2, 0) is 9.59 Å². The van der Waals surface area contributed by atoms with Crippen LogP contribution in [-0.4, -0.2) is 29.3 Å². The first-order valence-corrected chi connectivity index (χ1v) is 8.45. The van der Waals surface area contributed by atoms with Crippen molar-refractivity contribution < 1.29 is 14.7 Å². The van der Waals surface area contributed by atoms with Gasteiger partial charge in [-0.1, -0.05) is 22.9 Å². The number of carboxylic acid groups (broad SMARTS) is 1. The molecule has 0 fully saturated rings. The number of halogens is 1. The third-order valence-corrected chi connectivity index (χ3v) is 5.14. The van der Waals surface area contributed by atoms with Crippen molar-refractivity contribution in [3.05, 3.63) is 28.2 Å². The maximum atomic E-state index is 11.8. The van der Waals surface area contributed by atoms with Crippen LogP contribution in [0.4, 0.5) is 0 Å². The molecule has 116 valence electrons. The largest absolute Gasteiger partial charge is 0.481 e. The molecule has 0 bridgehead atoms. The zero-order valence-electron chi connectivity index (χ0n) is 12.4. The zero-order valence-corrected chi connectivity index (χ0v) is 14.8. The Morgan fingerprint density at radius 2 is 2.10 bits per heavy atom. The molecule has 1 atom stereocenters. The predicted molar refractivity (Wildman–Crippen MR) is 88.6 cm³/mol. The van der Waals surface area contributed by atoms with Gasteiger partial charge in [-0.2, -0.15) is 0 Å². The van der Waals surface area contributed by atoms with Crippen LogP contribution in [0.2, 0.25) is 0 Å². The molecule has 4 nitrogen and oxygen atoms in total. The van der Waals surface area contributed by atoms with Gasteiger partial charge in [0.05, 0.1) is 11.2 Å². The van der Waals surface area contributed by atoms with Crippen molar-refractivity contribution >= 4 is 39.6 Å². The van der Waals surface area contributed by atoms with Crippen molar-refractivity contribution in [1.29, 1.82) is 0 Å². The van der Waals surface area contributed by atoms with E-state index in [9.17, 15) is 9.59 Å². The number of hydrogen-bond donors (Lipinski definition) is 2. The quantitative estimate of drug-likeness (QED) is 0.718. The topological polar surface area (TPSA) is 66.4 Å². The number of carbonyl (C=O) groups is 2. The van der Waals surface area contributed by atoms with Crippen LogP contribution in [0.1, 0.15) is 25.8 Å². The smallest absolute Gasteiger partial charge is 0.311 e. The number of hydrogen-bond acceptors (Lipinski definition) is 3. The average Bonchev–Trinajstić information content (AvgIpc) is 2.43. The number of nitrogens with one attached hydrogen (secondary N) is 1. The lowest BCUT2D eigenvalue weighted by Gasteiger charge is -2.23. The molecule has 0 aromatic heterocycles. The van der Waals surface area contributed by atoms with Crippen LogP contribution < -0.4 is 5.32 Å². The van der Waals surface area contributed by atoms with E-state index in [1.807, 2.05) is 25.1 Å². The first-order valence-electron chi connectivity index (χ1n) is 6.67. The van der Waals surface area contributed by atoms with Crippen LogP contribution in [0.5, 0.6) is 0 Å². The Balaban J connectivity index is 2.49. The first kappa shape index (κ1) is 18.0. The number of aryl methyl sites for hydroxylation is 1. The van der Waals surface area contributed by atoms with Crippen molar-refractivity contribution in [2.45, 2.75) is 32.1 Å². The molecule has 0 saturated heterocycles. The summed E-state index contributed by atoms with van der Waals surface area (Å²) in [5.74, 6) is -0.757. The second-order valence-corrected chi connectivity index (χ2v) is 7.13. The summed E-state index contributed by atoms with van der Waals surface area (Å²) in [4.78, 5) is 24.1. The number of thioether (sulfide) groups is 1. The Morgan fingerprint density at radius 1 is 1.43 bits per heavy atom. The van der Waals surface area contributed by atoms with Gasteiger partial charge < -0.3 is 10.4 Å². The van der Waals surface area contributed by atoms with Crippen molar-refractivity contribution in [2.75, 3.05) is 12.3 Å². The van der Waals surface area contributed by atoms with E-state index in [4.69, 9.17) is 5.11 Å². The predicted octanol–water partition coefficient (Wildman–Crippen LogP) is 3.47. The van der Waals surface area contributed by atoms with Crippen molar-refractivity contribution in [3.63, 3.8) is 0 Å². The first-order chi connectivity index (χ1) is 9.78. The second kappa shape index (κ2) is 7.84. The highest BCUT2D eigenvalue weighted by Crippen LogP contribution is 2.25. The van der Waals surface area contributed by atoms with Gasteiger partial charge in [-0.25, -0.2) is 0 Å². The van der Waals surface area contributed by atoms with Crippen molar-refractivity contribution in [1.82, 2.24) is 5.32 Å². The maximum Gasteiger partial charge on any atom is 0.311 e. The summed E-state index contributed by atoms with van der Waals surface area (Å²) >= 11 is 4.85. The molecule has 0 radical (unpaired) electrons. The second-order valence-electron chi connectivity index (χ2n) is 5.19. The van der Waals surface area contributed by atoms with E-state index in [-0.39, 0.29) is 18.2 Å². The van der Waals surface area contributed by atoms with Crippen LogP contribution in [0.3, 0.4) is 0 Å². The minimum absolute atomic E-state index is 0.150. The summed E-state index contributed by atoms with van der Waals surface area (Å²) in [6, 6.07) is 5.90. The molecule has 0 heterocycles. The Labute approximate surface area is 137 Å². The molecule has 1 rings (SSSR count). The van der Waals surface area contributed by atoms with Gasteiger partial charge in [-0.15, -0.1) is 11.8 Å². The minimum atomic E-state index is -0.909. The van der Waals surface area contributed by atoms with Gasteiger partial charge >= 0.3 is 5.97 Å². The number of aliphatic carboxylic acids is 1. The third kappa shape index (κ3) is 5.36. The lowest BCUT2D eigenvalue weighted by atomic mass is 9.88. The molecule has 0 saturated carbocycles. The van der Waals surface area contributed by atoms with Gasteiger partial charge in [0.2, 0.25) is 5.91 Å². The fourth-order valence-electron chi connectivity index (χ4n) is 1.61. The van der Waals surface area contributed by atoms with Crippen LogP contribution in [0.25, 0.3) is 0 Å². The molecule has 0 spiro atoms. The number of carboxylic acids is 1. The van der Waals surface area contributed by atoms with E-state index in [1.54, 1.807) is 13.8 Å². The normalized spacial score (nSPS) is 13.5. The SMILES string of the molecule is CCC(C)(CNC(=O)CSc1ccc(Br)cc1C)C(=O)O. The highest BCUT2D eigenvalue weighted by Gasteiger charge is 2.31. The number of amides is 1. The Kier molecular flexibility index (Phi) is 6.74. The van der Waals surface area contributed by atoms with E-state index in [0.29, 0.717) is 6.42 Å². The van der Waals surface area contributed by atoms with Crippen LogP contribution in [0.15, 0.2) is 27.6 Å². The summed E-state index contributed by atoms with van der Waals surface area (Å²) < 4.78 is 1.01. The highest BCUT2D eigenvalue weighted by molar-refractivity contribution is 9.10. The van der Waals surface area contributed by atoms with Gasteiger partial charge in [-0.3, -0.25) is 9.59 Å². The monoisotopic (exact) mass is 373 g/mol. The molecule has 2 N–H and O–H groups in total. The summed E-state index contributed by atoms with van der Waals surface area (Å²) in [7, 11) is 0. The van der Waals surface area contributed by atoms with E-state index in [1.165, 1.54) is 11.8 Å². The minimum Gasteiger partial charge on any atom is -0.481 e. The highest BCUT2D eigenvalue weighted by atomic mass is 79.9. The van der Waals surface area contributed by atoms with Crippen molar-refractivity contribution in [3.8, 4) is 0 Å². The van der Waals surface area contributed by atoms with E-state index in [0.717, 1.165) is 14.9 Å².